The number of ether oxygens (including phenoxy) is 3. The maximum atomic E-state index is 12.1. The van der Waals surface area contributed by atoms with Gasteiger partial charge >= 0.3 is 6.09 Å². The molecule has 1 N–H and O–H groups in total. The molecule has 1 fully saturated rings. The highest BCUT2D eigenvalue weighted by Crippen LogP contribution is 2.31. The number of aromatic nitrogens is 3. The Labute approximate surface area is 192 Å². The number of carbonyl (C=O) groups is 1. The Balaban J connectivity index is 1.61. The highest BCUT2D eigenvalue weighted by Gasteiger charge is 2.26. The van der Waals surface area contributed by atoms with Gasteiger partial charge in [-0.05, 0) is 39.8 Å². The zero-order valence-electron chi connectivity index (χ0n) is 18.9. The first kappa shape index (κ1) is 24.1. The first-order chi connectivity index (χ1) is 15.4. The number of carbonyl (C=O) groups excluding carboxylic acids is 1. The molecule has 0 aliphatic carbocycles. The lowest BCUT2D eigenvalue weighted by atomic mass is 10.1. The minimum Gasteiger partial charge on any atom is -0.474 e. The number of likely N-dealkylation sites (tertiary alicyclic amines) is 1. The van der Waals surface area contributed by atoms with Crippen LogP contribution in [0.2, 0.25) is 0 Å². The summed E-state index contributed by atoms with van der Waals surface area (Å²) in [5.74, 6) is 2.08. The van der Waals surface area contributed by atoms with Gasteiger partial charge in [0.2, 0.25) is 11.8 Å². The fraction of sp³-hybridized carbons (Fsp3) is 0.545. The van der Waals surface area contributed by atoms with Crippen molar-refractivity contribution in [3.8, 4) is 17.5 Å². The molecule has 9 nitrogen and oxygen atoms in total. The molecule has 0 atom stereocenters. The summed E-state index contributed by atoms with van der Waals surface area (Å²) < 4.78 is 17.4. The summed E-state index contributed by atoms with van der Waals surface area (Å²) in [5, 5.41) is 9.80. The number of aliphatic hydroxyl groups is 1. The van der Waals surface area contributed by atoms with Crippen LogP contribution in [0.15, 0.2) is 23.5 Å². The lowest BCUT2D eigenvalue weighted by Gasteiger charge is -2.31. The van der Waals surface area contributed by atoms with Crippen LogP contribution in [0.1, 0.15) is 37.9 Å². The second kappa shape index (κ2) is 11.3. The van der Waals surface area contributed by atoms with Gasteiger partial charge in [0.05, 0.1) is 29.0 Å². The van der Waals surface area contributed by atoms with E-state index in [0.717, 1.165) is 10.7 Å². The fourth-order valence-electron chi connectivity index (χ4n) is 3.20. The molecule has 0 spiro atoms. The van der Waals surface area contributed by atoms with E-state index in [9.17, 15) is 4.79 Å². The predicted molar refractivity (Wildman–Crippen MR) is 120 cm³/mol. The van der Waals surface area contributed by atoms with E-state index in [1.807, 2.05) is 39.8 Å². The van der Waals surface area contributed by atoms with Gasteiger partial charge in [-0.2, -0.15) is 0 Å². The Morgan fingerprint density at radius 2 is 1.94 bits per heavy atom. The minimum atomic E-state index is -0.280. The van der Waals surface area contributed by atoms with Crippen molar-refractivity contribution in [3.63, 3.8) is 0 Å². The van der Waals surface area contributed by atoms with Crippen LogP contribution in [-0.2, 0) is 4.74 Å². The molecule has 0 saturated carbocycles. The normalized spacial score (nSPS) is 14.5. The first-order valence-corrected chi connectivity index (χ1v) is 11.7. The van der Waals surface area contributed by atoms with Crippen molar-refractivity contribution >= 4 is 17.9 Å². The highest BCUT2D eigenvalue weighted by molar-refractivity contribution is 7.99. The van der Waals surface area contributed by atoms with E-state index in [0.29, 0.717) is 54.8 Å². The Morgan fingerprint density at radius 3 is 2.59 bits per heavy atom. The second-order valence-corrected chi connectivity index (χ2v) is 8.87. The van der Waals surface area contributed by atoms with Gasteiger partial charge in [-0.25, -0.2) is 19.7 Å². The number of piperidine rings is 1. The summed E-state index contributed by atoms with van der Waals surface area (Å²) in [4.78, 5) is 26.8. The smallest absolute Gasteiger partial charge is 0.410 e. The number of pyridine rings is 1. The highest BCUT2D eigenvalue weighted by atomic mass is 32.2. The summed E-state index contributed by atoms with van der Waals surface area (Å²) in [6.07, 6.45) is 2.35. The number of aryl methyl sites for hydroxylation is 1. The van der Waals surface area contributed by atoms with E-state index < -0.39 is 0 Å². The number of nitrogens with zero attached hydrogens (tertiary/aromatic N) is 4. The number of thioether (sulfide) groups is 1. The van der Waals surface area contributed by atoms with Crippen LogP contribution in [0.25, 0.3) is 0 Å². The van der Waals surface area contributed by atoms with E-state index >= 15 is 0 Å². The predicted octanol–water partition coefficient (Wildman–Crippen LogP) is 3.75. The molecule has 3 heterocycles. The largest absolute Gasteiger partial charge is 0.474 e. The van der Waals surface area contributed by atoms with Gasteiger partial charge in [0, 0.05) is 31.7 Å². The second-order valence-electron chi connectivity index (χ2n) is 7.75. The molecule has 1 aliphatic rings. The fourth-order valence-corrected chi connectivity index (χ4v) is 3.86. The molecule has 2 aromatic rings. The molecule has 1 saturated heterocycles. The number of amides is 1. The number of aliphatic hydroxyl groups excluding tert-OH is 1. The zero-order chi connectivity index (χ0) is 23.1. The molecule has 0 radical (unpaired) electrons. The Bertz CT molecular complexity index is 919. The maximum absolute atomic E-state index is 12.1. The minimum absolute atomic E-state index is 0.0502. The summed E-state index contributed by atoms with van der Waals surface area (Å²) in [7, 11) is 0. The van der Waals surface area contributed by atoms with Crippen molar-refractivity contribution in [2.75, 3.05) is 25.4 Å². The topological polar surface area (TPSA) is 107 Å². The lowest BCUT2D eigenvalue weighted by Crippen LogP contribution is -2.42. The van der Waals surface area contributed by atoms with E-state index in [-0.39, 0.29) is 24.9 Å². The molecule has 32 heavy (non-hydrogen) atoms. The zero-order valence-corrected chi connectivity index (χ0v) is 19.7. The van der Waals surface area contributed by atoms with Crippen LogP contribution in [0.5, 0.6) is 17.5 Å². The summed E-state index contributed by atoms with van der Waals surface area (Å²) in [6, 6.07) is 3.70. The monoisotopic (exact) mass is 462 g/mol. The third kappa shape index (κ3) is 6.46. The third-order valence-corrected chi connectivity index (χ3v) is 5.78. The summed E-state index contributed by atoms with van der Waals surface area (Å²) in [5.41, 5.74) is 1.43. The number of hydrogen-bond donors (Lipinski definition) is 1. The van der Waals surface area contributed by atoms with E-state index in [1.165, 1.54) is 18.1 Å². The molecule has 0 unspecified atom stereocenters. The third-order valence-electron chi connectivity index (χ3n) is 4.87. The quantitative estimate of drug-likeness (QED) is 0.587. The summed E-state index contributed by atoms with van der Waals surface area (Å²) >= 11 is 1.48. The van der Waals surface area contributed by atoms with Gasteiger partial charge < -0.3 is 24.2 Å². The molecule has 1 aliphatic heterocycles. The number of rotatable bonds is 8. The van der Waals surface area contributed by atoms with Gasteiger partial charge in [0.25, 0.3) is 0 Å². The van der Waals surface area contributed by atoms with E-state index in [4.69, 9.17) is 19.3 Å². The van der Waals surface area contributed by atoms with Crippen LogP contribution in [0.3, 0.4) is 0 Å². The molecule has 10 heteroatoms. The van der Waals surface area contributed by atoms with Crippen LogP contribution >= 0.6 is 11.8 Å². The maximum Gasteiger partial charge on any atom is 0.410 e. The van der Waals surface area contributed by atoms with Crippen molar-refractivity contribution in [1.82, 2.24) is 19.9 Å². The van der Waals surface area contributed by atoms with E-state index in [2.05, 4.69) is 15.0 Å². The van der Waals surface area contributed by atoms with Crippen molar-refractivity contribution < 1.29 is 24.1 Å². The van der Waals surface area contributed by atoms with E-state index in [1.54, 1.807) is 4.90 Å². The lowest BCUT2D eigenvalue weighted by molar-refractivity contribution is 0.0505. The SMILES string of the molecule is Cc1nc(SCCO)ccc1Oc1ncnc(OC2CCN(C(=O)OC(C)C)CC2)c1C. The average molecular weight is 463 g/mol. The van der Waals surface area contributed by atoms with Crippen molar-refractivity contribution in [1.29, 1.82) is 0 Å². The summed E-state index contributed by atoms with van der Waals surface area (Å²) in [6.45, 7) is 8.66. The van der Waals surface area contributed by atoms with Crippen molar-refractivity contribution in [2.45, 2.75) is 57.8 Å². The Kier molecular flexibility index (Phi) is 8.52. The molecule has 1 amide bonds. The van der Waals surface area contributed by atoms with Gasteiger partial charge in [-0.1, -0.05) is 0 Å². The average Bonchev–Trinajstić information content (AvgIpc) is 2.76. The Morgan fingerprint density at radius 1 is 1.22 bits per heavy atom. The molecule has 0 bridgehead atoms. The van der Waals surface area contributed by atoms with Crippen molar-refractivity contribution in [3.05, 3.63) is 29.7 Å². The first-order valence-electron chi connectivity index (χ1n) is 10.7. The molecule has 3 rings (SSSR count). The molecule has 0 aromatic carbocycles. The van der Waals surface area contributed by atoms with Crippen LogP contribution in [0, 0.1) is 13.8 Å². The van der Waals surface area contributed by atoms with Gasteiger partial charge in [0.15, 0.2) is 5.75 Å². The molecule has 174 valence electrons. The van der Waals surface area contributed by atoms with Crippen LogP contribution in [0.4, 0.5) is 4.79 Å². The van der Waals surface area contributed by atoms with Gasteiger partial charge in [-0.3, -0.25) is 0 Å². The van der Waals surface area contributed by atoms with Crippen LogP contribution < -0.4 is 9.47 Å². The molecular formula is C22H30N4O5S. The molecular weight excluding hydrogens is 432 g/mol. The van der Waals surface area contributed by atoms with Gasteiger partial charge in [-0.15, -0.1) is 11.8 Å². The Hall–Kier alpha value is -2.59. The number of hydrogen-bond acceptors (Lipinski definition) is 9. The molecule has 2 aromatic heterocycles. The van der Waals surface area contributed by atoms with Crippen LogP contribution in [-0.4, -0.2) is 68.7 Å². The van der Waals surface area contributed by atoms with Crippen molar-refractivity contribution in [2.24, 2.45) is 0 Å². The van der Waals surface area contributed by atoms with Gasteiger partial charge in [0.1, 0.15) is 12.4 Å². The standard InChI is InChI=1S/C22H30N4O5S/c1-14(2)29-22(28)26-9-7-17(8-10-26)30-20-15(3)21(24-13-23-20)31-18-5-6-19(25-16(18)4)32-12-11-27/h5-6,13-14,17,27H,7-12H2,1-4H3.